The van der Waals surface area contributed by atoms with E-state index in [-0.39, 0.29) is 40.7 Å². The zero-order valence-electron chi connectivity index (χ0n) is 25.2. The fourth-order valence-corrected chi connectivity index (χ4v) is 9.42. The number of Topliss-reactive ketones (excluding diaryl/α,β-unsaturated/α-hetero) is 1. The first-order valence-corrected chi connectivity index (χ1v) is 14.8. The zero-order valence-corrected chi connectivity index (χ0v) is 25.2. The summed E-state index contributed by atoms with van der Waals surface area (Å²) in [6, 6.07) is 1.80. The van der Waals surface area contributed by atoms with Gasteiger partial charge in [-0.25, -0.2) is 0 Å². The standard InChI is InChI=1S/C33H44O7/c1-9-18(2)29(37)40-26-15-22-30(4,5)25(36)10-12-31(22,6)23-16-27(39-19(3)34)33(8)24(32(23,26)7)14-21(35)28(33)20-11-13-38-17-20/h11,13-14,17-18,22-23,26-28H,9-10,12,15-16H2,1-8H3/t18?,22-,23+,26+,27+,28+,31-,32+,33-/m0/s1. The van der Waals surface area contributed by atoms with E-state index in [0.717, 1.165) is 11.1 Å². The molecule has 0 amide bonds. The number of carbonyl (C=O) groups is 4. The van der Waals surface area contributed by atoms with E-state index >= 15 is 0 Å². The average Bonchev–Trinajstić information content (AvgIpc) is 3.50. The highest BCUT2D eigenvalue weighted by Gasteiger charge is 2.72. The number of carbonyl (C=O) groups excluding carboxylic acids is 4. The molecule has 0 radical (unpaired) electrons. The molecule has 1 unspecified atom stereocenters. The molecule has 1 heterocycles. The van der Waals surface area contributed by atoms with Crippen LogP contribution in [0.5, 0.6) is 0 Å². The molecule has 0 N–H and O–H groups in total. The van der Waals surface area contributed by atoms with Crippen LogP contribution in [0.2, 0.25) is 0 Å². The van der Waals surface area contributed by atoms with Gasteiger partial charge in [-0.3, -0.25) is 19.2 Å². The third-order valence-corrected chi connectivity index (χ3v) is 11.8. The number of rotatable bonds is 5. The number of furan rings is 1. The van der Waals surface area contributed by atoms with Crippen molar-refractivity contribution in [3.8, 4) is 0 Å². The molecule has 4 aliphatic carbocycles. The van der Waals surface area contributed by atoms with Crippen LogP contribution in [-0.4, -0.2) is 35.7 Å². The van der Waals surface area contributed by atoms with E-state index in [2.05, 4.69) is 13.8 Å². The van der Waals surface area contributed by atoms with E-state index in [1.807, 2.05) is 34.6 Å². The molecule has 218 valence electrons. The monoisotopic (exact) mass is 552 g/mol. The van der Waals surface area contributed by atoms with Gasteiger partial charge in [-0.1, -0.05) is 48.5 Å². The van der Waals surface area contributed by atoms with Crippen LogP contribution in [0.4, 0.5) is 0 Å². The molecule has 7 heteroatoms. The van der Waals surface area contributed by atoms with Crippen molar-refractivity contribution in [3.63, 3.8) is 0 Å². The van der Waals surface area contributed by atoms with Gasteiger partial charge in [0.2, 0.25) is 0 Å². The van der Waals surface area contributed by atoms with E-state index in [9.17, 15) is 19.2 Å². The molecule has 0 spiro atoms. The minimum Gasteiger partial charge on any atom is -0.472 e. The third-order valence-electron chi connectivity index (χ3n) is 11.8. The summed E-state index contributed by atoms with van der Waals surface area (Å²) < 4.78 is 17.9. The van der Waals surface area contributed by atoms with Gasteiger partial charge in [0.1, 0.15) is 18.0 Å². The fourth-order valence-electron chi connectivity index (χ4n) is 9.42. The minimum atomic E-state index is -0.845. The van der Waals surface area contributed by atoms with Crippen LogP contribution in [0.3, 0.4) is 0 Å². The molecule has 5 rings (SSSR count). The molecule has 9 atom stereocenters. The second-order valence-corrected chi connectivity index (χ2v) is 14.1. The second-order valence-electron chi connectivity index (χ2n) is 14.1. The molecule has 7 nitrogen and oxygen atoms in total. The maximum absolute atomic E-state index is 13.9. The molecular formula is C33H44O7. The summed E-state index contributed by atoms with van der Waals surface area (Å²) in [6.45, 7) is 15.7. The predicted molar refractivity (Wildman–Crippen MR) is 148 cm³/mol. The lowest BCUT2D eigenvalue weighted by Crippen LogP contribution is -2.67. The van der Waals surface area contributed by atoms with Crippen LogP contribution >= 0.6 is 0 Å². The number of fused-ring (bicyclic) bond motifs is 5. The highest BCUT2D eigenvalue weighted by molar-refractivity contribution is 6.01. The summed E-state index contributed by atoms with van der Waals surface area (Å²) >= 11 is 0. The summed E-state index contributed by atoms with van der Waals surface area (Å²) in [5.41, 5.74) is -0.785. The number of hydrogen-bond acceptors (Lipinski definition) is 7. The Bertz CT molecular complexity index is 1260. The van der Waals surface area contributed by atoms with Gasteiger partial charge in [0, 0.05) is 35.2 Å². The fraction of sp³-hybridized carbons (Fsp3) is 0.697. The Morgan fingerprint density at radius 1 is 1.02 bits per heavy atom. The lowest BCUT2D eigenvalue weighted by molar-refractivity contribution is -0.220. The van der Waals surface area contributed by atoms with Gasteiger partial charge in [0.25, 0.3) is 0 Å². The highest BCUT2D eigenvalue weighted by atomic mass is 16.6. The molecule has 1 aromatic rings. The summed E-state index contributed by atoms with van der Waals surface area (Å²) in [5.74, 6) is -1.43. The molecule has 0 saturated heterocycles. The van der Waals surface area contributed by atoms with Gasteiger partial charge in [0.15, 0.2) is 5.78 Å². The van der Waals surface area contributed by atoms with Gasteiger partial charge in [-0.05, 0) is 60.6 Å². The highest BCUT2D eigenvalue weighted by Crippen LogP contribution is 2.73. The molecule has 3 fully saturated rings. The van der Waals surface area contributed by atoms with Crippen LogP contribution in [0, 0.1) is 39.4 Å². The summed E-state index contributed by atoms with van der Waals surface area (Å²) in [5, 5.41) is 0. The number of allylic oxidation sites excluding steroid dienone is 1. The van der Waals surface area contributed by atoms with E-state index in [0.29, 0.717) is 32.1 Å². The largest absolute Gasteiger partial charge is 0.472 e. The van der Waals surface area contributed by atoms with Crippen molar-refractivity contribution >= 4 is 23.5 Å². The first-order chi connectivity index (χ1) is 18.6. The summed E-state index contributed by atoms with van der Waals surface area (Å²) in [6.07, 6.45) is 6.71. The zero-order chi connectivity index (χ0) is 29.4. The molecular weight excluding hydrogens is 508 g/mol. The smallest absolute Gasteiger partial charge is 0.308 e. The second kappa shape index (κ2) is 9.42. The van der Waals surface area contributed by atoms with Crippen molar-refractivity contribution in [1.82, 2.24) is 0 Å². The Morgan fingerprint density at radius 2 is 1.68 bits per heavy atom. The van der Waals surface area contributed by atoms with Gasteiger partial charge in [-0.2, -0.15) is 0 Å². The van der Waals surface area contributed by atoms with Crippen molar-refractivity contribution in [2.45, 2.75) is 106 Å². The number of esters is 2. The molecule has 4 aliphatic rings. The Labute approximate surface area is 237 Å². The van der Waals surface area contributed by atoms with E-state index in [4.69, 9.17) is 13.9 Å². The van der Waals surface area contributed by atoms with Crippen molar-refractivity contribution in [3.05, 3.63) is 35.8 Å². The van der Waals surface area contributed by atoms with Crippen molar-refractivity contribution < 1.29 is 33.1 Å². The number of ether oxygens (including phenoxy) is 2. The molecule has 3 saturated carbocycles. The maximum atomic E-state index is 13.9. The van der Waals surface area contributed by atoms with Crippen molar-refractivity contribution in [2.24, 2.45) is 39.4 Å². The molecule has 1 aromatic heterocycles. The third kappa shape index (κ3) is 3.82. The van der Waals surface area contributed by atoms with Gasteiger partial charge >= 0.3 is 11.9 Å². The quantitative estimate of drug-likeness (QED) is 0.400. The summed E-state index contributed by atoms with van der Waals surface area (Å²) in [4.78, 5) is 53.0. The first-order valence-electron chi connectivity index (χ1n) is 14.8. The Kier molecular flexibility index (Phi) is 6.79. The number of ketones is 2. The van der Waals surface area contributed by atoms with Crippen LogP contribution in [0.1, 0.15) is 99.0 Å². The van der Waals surface area contributed by atoms with Crippen molar-refractivity contribution in [1.29, 1.82) is 0 Å². The molecule has 0 bridgehead atoms. The lowest BCUT2D eigenvalue weighted by atomic mass is 9.37. The van der Waals surface area contributed by atoms with Crippen LogP contribution < -0.4 is 0 Å². The minimum absolute atomic E-state index is 0.0289. The number of hydrogen-bond donors (Lipinski definition) is 0. The normalized spacial score (nSPS) is 40.8. The molecule has 40 heavy (non-hydrogen) atoms. The van der Waals surface area contributed by atoms with E-state index < -0.39 is 40.3 Å². The molecule has 0 aromatic carbocycles. The summed E-state index contributed by atoms with van der Waals surface area (Å²) in [7, 11) is 0. The van der Waals surface area contributed by atoms with E-state index in [1.54, 1.807) is 24.7 Å². The predicted octanol–water partition coefficient (Wildman–Crippen LogP) is 6.21. The molecule has 0 aliphatic heterocycles. The van der Waals surface area contributed by atoms with Gasteiger partial charge in [0.05, 0.1) is 24.4 Å². The van der Waals surface area contributed by atoms with Crippen LogP contribution in [0.25, 0.3) is 0 Å². The van der Waals surface area contributed by atoms with Crippen LogP contribution in [0.15, 0.2) is 34.7 Å². The van der Waals surface area contributed by atoms with Gasteiger partial charge < -0.3 is 13.9 Å². The van der Waals surface area contributed by atoms with Crippen LogP contribution in [-0.2, 0) is 28.7 Å². The SMILES string of the molecule is CCC(C)C(=O)O[C@@H]1C[C@H]2C(C)(C)C(=O)CC[C@]2(C)[C@H]2C[C@@H](OC(C)=O)[C@]3(C)C(=CC(=O)[C@H]3c3ccoc3)[C@@]21C. The Morgan fingerprint density at radius 3 is 2.27 bits per heavy atom. The van der Waals surface area contributed by atoms with Gasteiger partial charge in [-0.15, -0.1) is 0 Å². The van der Waals surface area contributed by atoms with Crippen molar-refractivity contribution in [2.75, 3.05) is 0 Å². The Balaban J connectivity index is 1.72. The maximum Gasteiger partial charge on any atom is 0.308 e. The first kappa shape index (κ1) is 28.8. The Hall–Kier alpha value is -2.70. The average molecular weight is 553 g/mol. The topological polar surface area (TPSA) is 99.9 Å². The van der Waals surface area contributed by atoms with E-state index in [1.165, 1.54) is 6.92 Å². The lowest BCUT2D eigenvalue weighted by Gasteiger charge is -2.68.